The van der Waals surface area contributed by atoms with Crippen LogP contribution in [0.4, 0.5) is 15.8 Å². The van der Waals surface area contributed by atoms with Gasteiger partial charge in [-0.2, -0.15) is 0 Å². The summed E-state index contributed by atoms with van der Waals surface area (Å²) in [6, 6.07) is 14.5. The molecule has 6 rings (SSSR count). The minimum Gasteiger partial charge on any atom is -0.487 e. The lowest BCUT2D eigenvalue weighted by atomic mass is 9.63. The molecule has 3 heterocycles. The maximum Gasteiger partial charge on any atom is 0.248 e. The summed E-state index contributed by atoms with van der Waals surface area (Å²) in [5.74, 6) is -1.56. The molecule has 0 saturated carbocycles. The van der Waals surface area contributed by atoms with Crippen molar-refractivity contribution in [1.82, 2.24) is 5.32 Å². The maximum atomic E-state index is 16.1. The molecule has 1 spiro atoms. The van der Waals surface area contributed by atoms with Gasteiger partial charge in [-0.3, -0.25) is 9.59 Å². The Kier molecular flexibility index (Phi) is 7.39. The van der Waals surface area contributed by atoms with E-state index in [4.69, 9.17) is 33.7 Å². The van der Waals surface area contributed by atoms with Gasteiger partial charge in [0, 0.05) is 40.2 Å². The summed E-state index contributed by atoms with van der Waals surface area (Å²) in [6.45, 7) is 9.11. The molecule has 4 N–H and O–H groups in total. The number of hydrogen-bond acceptors (Lipinski definition) is 5. The lowest BCUT2D eigenvalue weighted by Gasteiger charge is -2.40. The molecule has 0 bridgehead atoms. The number of carbonyl (C=O) groups is 2. The molecule has 3 aliphatic rings. The van der Waals surface area contributed by atoms with Crippen LogP contribution in [0.15, 0.2) is 54.6 Å². The van der Waals surface area contributed by atoms with E-state index in [1.165, 1.54) is 6.07 Å². The molecule has 43 heavy (non-hydrogen) atoms. The topological polar surface area (TPSA) is 96.7 Å². The molecule has 226 valence electrons. The highest BCUT2D eigenvalue weighted by atomic mass is 35.5. The number of nitrogens with zero attached hydrogens (tertiary/aromatic N) is 1. The highest BCUT2D eigenvalue weighted by Gasteiger charge is 2.62. The first-order chi connectivity index (χ1) is 20.3. The van der Waals surface area contributed by atoms with E-state index in [9.17, 15) is 9.59 Å². The van der Waals surface area contributed by atoms with Crippen LogP contribution >= 0.6 is 23.2 Å². The van der Waals surface area contributed by atoms with Gasteiger partial charge in [-0.05, 0) is 66.3 Å². The van der Waals surface area contributed by atoms with E-state index >= 15 is 4.39 Å². The molecule has 2 amide bonds. The second kappa shape index (κ2) is 10.7. The fourth-order valence-corrected chi connectivity index (χ4v) is 7.58. The Morgan fingerprint density at radius 1 is 1.14 bits per heavy atom. The predicted octanol–water partition coefficient (Wildman–Crippen LogP) is 6.27. The molecule has 7 nitrogen and oxygen atoms in total. The number of hydrogen-bond donors (Lipinski definition) is 3. The van der Waals surface area contributed by atoms with Crippen LogP contribution in [0.5, 0.6) is 5.75 Å². The Bertz CT molecular complexity index is 1630. The SMILES string of the molecule is C[C@H]1CN(C(=O)[C@@H]2N[C@@H](CC(C)(C)C)[C@@]3(CNc4cc(Cl)ccc43)[C@H]2c2cccc(Cl)c2F)c2ccc(C(N)=O)cc2O1. The molecule has 0 unspecified atom stereocenters. The summed E-state index contributed by atoms with van der Waals surface area (Å²) in [4.78, 5) is 28.4. The smallest absolute Gasteiger partial charge is 0.248 e. The standard InChI is InChI=1S/C33H35Cl2FN4O3/c1-17-15-40(24-11-8-18(30(37)41)12-25(24)43-17)31(42)29-27(20-6-5-7-22(35)28(20)36)33(26(39-29)14-32(2,3)4)16-38-23-13-19(34)9-10-21(23)33/h5-13,17,26-27,29,38-39H,14-16H2,1-4H3,(H2,37,41)/t17-,26-,27-,29+,33-/m0/s1. The quantitative estimate of drug-likeness (QED) is 0.318. The van der Waals surface area contributed by atoms with Gasteiger partial charge in [0.15, 0.2) is 0 Å². The molecule has 3 aromatic carbocycles. The summed E-state index contributed by atoms with van der Waals surface area (Å²) in [6.07, 6.45) is 0.370. The van der Waals surface area contributed by atoms with Crippen molar-refractivity contribution in [1.29, 1.82) is 0 Å². The molecule has 1 fully saturated rings. The van der Waals surface area contributed by atoms with Gasteiger partial charge in [0.2, 0.25) is 11.8 Å². The Balaban J connectivity index is 1.54. The average Bonchev–Trinajstić information content (AvgIpc) is 3.46. The van der Waals surface area contributed by atoms with Crippen molar-refractivity contribution in [2.24, 2.45) is 11.1 Å². The molecular weight excluding hydrogens is 590 g/mol. The zero-order valence-electron chi connectivity index (χ0n) is 24.5. The van der Waals surface area contributed by atoms with E-state index in [0.29, 0.717) is 28.6 Å². The highest BCUT2D eigenvalue weighted by Crippen LogP contribution is 2.57. The van der Waals surface area contributed by atoms with Crippen LogP contribution in [0.3, 0.4) is 0 Å². The first kappa shape index (κ1) is 29.7. The number of fused-ring (bicyclic) bond motifs is 3. The van der Waals surface area contributed by atoms with Gasteiger partial charge in [0.05, 0.1) is 23.3 Å². The number of halogens is 3. The Hall–Kier alpha value is -3.33. The van der Waals surface area contributed by atoms with Crippen molar-refractivity contribution in [2.45, 2.75) is 63.6 Å². The predicted molar refractivity (Wildman–Crippen MR) is 168 cm³/mol. The fourth-order valence-electron chi connectivity index (χ4n) is 7.23. The number of rotatable bonds is 4. The van der Waals surface area contributed by atoms with Crippen LogP contribution in [0.1, 0.15) is 61.5 Å². The molecule has 3 aromatic rings. The third-order valence-corrected chi connectivity index (χ3v) is 9.44. The third kappa shape index (κ3) is 5.03. The summed E-state index contributed by atoms with van der Waals surface area (Å²) in [5.41, 5.74) is 7.77. The number of nitrogens with one attached hydrogen (secondary N) is 2. The Labute approximate surface area is 260 Å². The number of primary amides is 1. The van der Waals surface area contributed by atoms with E-state index in [-0.39, 0.29) is 40.6 Å². The number of nitrogens with two attached hydrogens (primary N) is 1. The van der Waals surface area contributed by atoms with Crippen molar-refractivity contribution in [3.63, 3.8) is 0 Å². The van der Waals surface area contributed by atoms with Gasteiger partial charge in [0.1, 0.15) is 17.7 Å². The van der Waals surface area contributed by atoms with Crippen molar-refractivity contribution >= 4 is 46.4 Å². The van der Waals surface area contributed by atoms with E-state index in [2.05, 4.69) is 31.4 Å². The first-order valence-electron chi connectivity index (χ1n) is 14.5. The minimum atomic E-state index is -0.808. The largest absolute Gasteiger partial charge is 0.487 e. The number of amides is 2. The molecule has 1 saturated heterocycles. The van der Waals surface area contributed by atoms with Gasteiger partial charge in [0.25, 0.3) is 0 Å². The Morgan fingerprint density at radius 2 is 1.91 bits per heavy atom. The molecule has 0 aliphatic carbocycles. The zero-order valence-corrected chi connectivity index (χ0v) is 26.0. The van der Waals surface area contributed by atoms with E-state index in [1.54, 1.807) is 35.2 Å². The lowest BCUT2D eigenvalue weighted by molar-refractivity contribution is -0.121. The normalized spacial score (nSPS) is 26.1. The molecule has 5 atom stereocenters. The minimum absolute atomic E-state index is 0.00438. The van der Waals surface area contributed by atoms with Crippen molar-refractivity contribution in [3.8, 4) is 5.75 Å². The van der Waals surface area contributed by atoms with Crippen LogP contribution in [0.2, 0.25) is 10.0 Å². The summed E-state index contributed by atoms with van der Waals surface area (Å²) in [5, 5.41) is 7.84. The van der Waals surface area contributed by atoms with Crippen LogP contribution in [-0.2, 0) is 10.2 Å². The summed E-state index contributed by atoms with van der Waals surface area (Å²) >= 11 is 12.8. The van der Waals surface area contributed by atoms with Crippen LogP contribution in [-0.4, -0.2) is 43.1 Å². The number of anilines is 2. The average molecular weight is 626 g/mol. The fraction of sp³-hybridized carbons (Fsp3) is 0.394. The highest BCUT2D eigenvalue weighted by molar-refractivity contribution is 6.31. The van der Waals surface area contributed by atoms with Crippen LogP contribution in [0, 0.1) is 11.2 Å². The van der Waals surface area contributed by atoms with Crippen LogP contribution < -0.4 is 26.0 Å². The van der Waals surface area contributed by atoms with Gasteiger partial charge >= 0.3 is 0 Å². The lowest BCUT2D eigenvalue weighted by Crippen LogP contribution is -2.51. The van der Waals surface area contributed by atoms with E-state index < -0.39 is 29.1 Å². The van der Waals surface area contributed by atoms with Gasteiger partial charge in [-0.1, -0.05) is 62.2 Å². The number of benzene rings is 3. The monoisotopic (exact) mass is 624 g/mol. The van der Waals surface area contributed by atoms with E-state index in [1.807, 2.05) is 25.1 Å². The summed E-state index contributed by atoms with van der Waals surface area (Å²) in [7, 11) is 0. The van der Waals surface area contributed by atoms with Gasteiger partial charge in [-0.25, -0.2) is 4.39 Å². The van der Waals surface area contributed by atoms with Crippen molar-refractivity contribution < 1.29 is 18.7 Å². The van der Waals surface area contributed by atoms with Crippen molar-refractivity contribution in [2.75, 3.05) is 23.3 Å². The number of carbonyl (C=O) groups excluding carboxylic acids is 2. The molecular formula is C33H35Cl2FN4O3. The maximum absolute atomic E-state index is 16.1. The first-order valence-corrected chi connectivity index (χ1v) is 15.2. The second-order valence-electron chi connectivity index (χ2n) is 13.1. The summed E-state index contributed by atoms with van der Waals surface area (Å²) < 4.78 is 22.1. The van der Waals surface area contributed by atoms with Gasteiger partial charge < -0.3 is 26.0 Å². The van der Waals surface area contributed by atoms with Gasteiger partial charge in [-0.15, -0.1) is 0 Å². The zero-order chi connectivity index (χ0) is 30.8. The second-order valence-corrected chi connectivity index (χ2v) is 13.9. The van der Waals surface area contributed by atoms with Crippen LogP contribution in [0.25, 0.3) is 0 Å². The molecule has 0 radical (unpaired) electrons. The molecule has 10 heteroatoms. The third-order valence-electron chi connectivity index (χ3n) is 8.91. The Morgan fingerprint density at radius 3 is 2.63 bits per heavy atom. The molecule has 3 aliphatic heterocycles. The number of ether oxygens (including phenoxy) is 1. The molecule has 0 aromatic heterocycles. The van der Waals surface area contributed by atoms with E-state index in [0.717, 1.165) is 17.7 Å². The van der Waals surface area contributed by atoms with Crippen molar-refractivity contribution in [3.05, 3.63) is 87.2 Å².